The van der Waals surface area contributed by atoms with Crippen molar-refractivity contribution < 1.29 is 27.8 Å². The van der Waals surface area contributed by atoms with Crippen LogP contribution in [0.2, 0.25) is 0 Å². The van der Waals surface area contributed by atoms with Gasteiger partial charge in [0.2, 0.25) is 0 Å². The number of benzene rings is 1. The SMILES string of the molecule is CC1CN(C2(C)CCN(C(=O)OC(C)(C)C)CC2)CCN1[C@H]1C[C@H](O)c2cc(C(F)(F)F)ccc21. The summed E-state index contributed by atoms with van der Waals surface area (Å²) in [5.41, 5.74) is -0.0270. The summed E-state index contributed by atoms with van der Waals surface area (Å²) >= 11 is 0. The molecule has 1 aromatic rings. The van der Waals surface area contributed by atoms with Crippen LogP contribution in [0, 0.1) is 0 Å². The molecule has 6 nitrogen and oxygen atoms in total. The number of alkyl halides is 3. The van der Waals surface area contributed by atoms with Gasteiger partial charge < -0.3 is 14.7 Å². The molecule has 1 aliphatic carbocycles. The van der Waals surface area contributed by atoms with Gasteiger partial charge in [0.1, 0.15) is 5.60 Å². The van der Waals surface area contributed by atoms with E-state index >= 15 is 0 Å². The second kappa shape index (κ2) is 9.23. The van der Waals surface area contributed by atoms with Gasteiger partial charge >= 0.3 is 12.3 Å². The number of piperazine rings is 1. The number of amides is 1. The lowest BCUT2D eigenvalue weighted by Gasteiger charge is -2.52. The molecule has 2 fully saturated rings. The fourth-order valence-electron chi connectivity index (χ4n) is 5.86. The molecule has 1 N–H and O–H groups in total. The van der Waals surface area contributed by atoms with Crippen LogP contribution in [0.15, 0.2) is 18.2 Å². The van der Waals surface area contributed by atoms with Crippen molar-refractivity contribution in [3.63, 3.8) is 0 Å². The highest BCUT2D eigenvalue weighted by molar-refractivity contribution is 5.68. The van der Waals surface area contributed by atoms with Crippen molar-refractivity contribution in [2.45, 2.75) is 89.4 Å². The molecular formula is C26H38F3N3O3. The number of rotatable bonds is 2. The van der Waals surface area contributed by atoms with Crippen molar-refractivity contribution in [2.24, 2.45) is 0 Å². The van der Waals surface area contributed by atoms with E-state index in [-0.39, 0.29) is 23.7 Å². The van der Waals surface area contributed by atoms with E-state index in [1.807, 2.05) is 20.8 Å². The number of nitrogens with zero attached hydrogens (tertiary/aromatic N) is 3. The summed E-state index contributed by atoms with van der Waals surface area (Å²) in [7, 11) is 0. The van der Waals surface area contributed by atoms with Crippen molar-refractivity contribution in [3.05, 3.63) is 34.9 Å². The summed E-state index contributed by atoms with van der Waals surface area (Å²) in [6.07, 6.45) is -3.40. The van der Waals surface area contributed by atoms with Crippen LogP contribution in [-0.4, -0.2) is 75.8 Å². The quantitative estimate of drug-likeness (QED) is 0.625. The number of likely N-dealkylation sites (tertiary alicyclic amines) is 1. The van der Waals surface area contributed by atoms with E-state index in [0.717, 1.165) is 50.2 Å². The molecule has 2 saturated heterocycles. The minimum atomic E-state index is -4.42. The second-order valence-electron chi connectivity index (χ2n) is 11.6. The molecule has 0 radical (unpaired) electrons. The van der Waals surface area contributed by atoms with E-state index in [9.17, 15) is 23.1 Å². The Morgan fingerprint density at radius 1 is 1.09 bits per heavy atom. The van der Waals surface area contributed by atoms with Gasteiger partial charge in [0.15, 0.2) is 0 Å². The lowest BCUT2D eigenvalue weighted by Crippen LogP contribution is -2.62. The molecule has 0 bridgehead atoms. The fourth-order valence-corrected chi connectivity index (χ4v) is 5.86. The molecule has 196 valence electrons. The fraction of sp³-hybridized carbons (Fsp3) is 0.731. The molecule has 4 rings (SSSR count). The number of piperidine rings is 1. The zero-order valence-corrected chi connectivity index (χ0v) is 21.4. The first kappa shape index (κ1) is 26.2. The van der Waals surface area contributed by atoms with Gasteiger partial charge in [0.25, 0.3) is 0 Å². The average Bonchev–Trinajstić information content (AvgIpc) is 3.08. The van der Waals surface area contributed by atoms with Crippen LogP contribution in [0.4, 0.5) is 18.0 Å². The van der Waals surface area contributed by atoms with Crippen LogP contribution in [0.5, 0.6) is 0 Å². The number of aliphatic hydroxyl groups excluding tert-OH is 1. The molecule has 35 heavy (non-hydrogen) atoms. The maximum Gasteiger partial charge on any atom is 0.416 e. The molecule has 9 heteroatoms. The van der Waals surface area contributed by atoms with Gasteiger partial charge in [0, 0.05) is 50.3 Å². The summed E-state index contributed by atoms with van der Waals surface area (Å²) in [6.45, 7) is 13.8. The number of carbonyl (C=O) groups excluding carboxylic acids is 1. The zero-order valence-electron chi connectivity index (χ0n) is 21.4. The summed E-state index contributed by atoms with van der Waals surface area (Å²) < 4.78 is 45.0. The monoisotopic (exact) mass is 497 g/mol. The highest BCUT2D eigenvalue weighted by Crippen LogP contribution is 2.46. The Morgan fingerprint density at radius 2 is 1.74 bits per heavy atom. The summed E-state index contributed by atoms with van der Waals surface area (Å²) in [4.78, 5) is 19.1. The van der Waals surface area contributed by atoms with E-state index in [0.29, 0.717) is 25.1 Å². The Hall–Kier alpha value is -1.84. The van der Waals surface area contributed by atoms with Crippen molar-refractivity contribution in [1.82, 2.24) is 14.7 Å². The first-order valence-corrected chi connectivity index (χ1v) is 12.6. The number of hydrogen-bond acceptors (Lipinski definition) is 5. The van der Waals surface area contributed by atoms with Crippen LogP contribution in [0.25, 0.3) is 0 Å². The highest BCUT2D eigenvalue weighted by atomic mass is 19.4. The Morgan fingerprint density at radius 3 is 2.31 bits per heavy atom. The molecule has 2 heterocycles. The Balaban J connectivity index is 1.39. The maximum absolute atomic E-state index is 13.2. The lowest BCUT2D eigenvalue weighted by atomic mass is 9.86. The number of hydrogen-bond donors (Lipinski definition) is 1. The normalized spacial score (nSPS) is 28.1. The third-order valence-corrected chi connectivity index (χ3v) is 7.91. The van der Waals surface area contributed by atoms with E-state index in [2.05, 4.69) is 23.6 Å². The predicted octanol–water partition coefficient (Wildman–Crippen LogP) is 4.98. The van der Waals surface area contributed by atoms with Crippen LogP contribution in [-0.2, 0) is 10.9 Å². The van der Waals surface area contributed by atoms with E-state index < -0.39 is 23.4 Å². The third kappa shape index (κ3) is 5.47. The van der Waals surface area contributed by atoms with Gasteiger partial charge in [0.05, 0.1) is 11.7 Å². The van der Waals surface area contributed by atoms with Crippen molar-refractivity contribution in [3.8, 4) is 0 Å². The number of fused-ring (bicyclic) bond motifs is 1. The van der Waals surface area contributed by atoms with Crippen LogP contribution < -0.4 is 0 Å². The van der Waals surface area contributed by atoms with Gasteiger partial charge in [-0.15, -0.1) is 0 Å². The molecule has 2 aliphatic heterocycles. The average molecular weight is 498 g/mol. The van der Waals surface area contributed by atoms with Crippen molar-refractivity contribution >= 4 is 6.09 Å². The predicted molar refractivity (Wildman–Crippen MR) is 127 cm³/mol. The standard InChI is InChI=1S/C26H38F3N3O3/c1-17-16-31(25(5)8-10-30(11-9-25)23(34)35-24(2,3)4)12-13-32(17)21-15-22(33)20-14-18(26(27,28)29)6-7-19(20)21/h6-7,14,17,21-22,33H,8-13,15-16H2,1-5H3/t17?,21-,22-/m0/s1. The molecule has 3 aliphatic rings. The van der Waals surface area contributed by atoms with Gasteiger partial charge in [-0.2, -0.15) is 13.2 Å². The molecule has 1 aromatic carbocycles. The van der Waals surface area contributed by atoms with Crippen molar-refractivity contribution in [2.75, 3.05) is 32.7 Å². The first-order chi connectivity index (χ1) is 16.2. The first-order valence-electron chi connectivity index (χ1n) is 12.6. The van der Waals surface area contributed by atoms with Gasteiger partial charge in [-0.25, -0.2) is 4.79 Å². The van der Waals surface area contributed by atoms with E-state index in [1.165, 1.54) is 0 Å². The van der Waals surface area contributed by atoms with Crippen LogP contribution >= 0.6 is 0 Å². The molecule has 1 unspecified atom stereocenters. The Labute approximate surface area is 206 Å². The highest BCUT2D eigenvalue weighted by Gasteiger charge is 2.44. The van der Waals surface area contributed by atoms with E-state index in [1.54, 1.807) is 11.0 Å². The molecule has 0 saturated carbocycles. The third-order valence-electron chi connectivity index (χ3n) is 7.91. The molecule has 3 atom stereocenters. The number of carbonyl (C=O) groups is 1. The molecule has 0 spiro atoms. The van der Waals surface area contributed by atoms with Crippen LogP contribution in [0.1, 0.15) is 82.7 Å². The molecule has 0 aromatic heterocycles. The zero-order chi connectivity index (χ0) is 25.8. The summed E-state index contributed by atoms with van der Waals surface area (Å²) in [6, 6.07) is 3.90. The topological polar surface area (TPSA) is 56.2 Å². The van der Waals surface area contributed by atoms with Crippen molar-refractivity contribution in [1.29, 1.82) is 0 Å². The van der Waals surface area contributed by atoms with Gasteiger partial charge in [-0.05, 0) is 77.1 Å². The van der Waals surface area contributed by atoms with Crippen LogP contribution in [0.3, 0.4) is 0 Å². The Kier molecular flexibility index (Phi) is 6.92. The largest absolute Gasteiger partial charge is 0.444 e. The minimum absolute atomic E-state index is 0.0203. The Bertz CT molecular complexity index is 938. The molecule has 1 amide bonds. The lowest BCUT2D eigenvalue weighted by molar-refractivity contribution is -0.137. The second-order valence-corrected chi connectivity index (χ2v) is 11.6. The van der Waals surface area contributed by atoms with Gasteiger partial charge in [-0.3, -0.25) is 9.80 Å². The number of aliphatic hydroxyl groups is 1. The minimum Gasteiger partial charge on any atom is -0.444 e. The number of halogens is 3. The molecular weight excluding hydrogens is 459 g/mol. The summed E-state index contributed by atoms with van der Waals surface area (Å²) in [5.74, 6) is 0. The smallest absolute Gasteiger partial charge is 0.416 e. The number of ether oxygens (including phenoxy) is 1. The maximum atomic E-state index is 13.2. The van der Waals surface area contributed by atoms with E-state index in [4.69, 9.17) is 4.74 Å². The van der Waals surface area contributed by atoms with Gasteiger partial charge in [-0.1, -0.05) is 6.07 Å². The summed E-state index contributed by atoms with van der Waals surface area (Å²) in [5, 5.41) is 10.5.